The van der Waals surface area contributed by atoms with Crippen molar-refractivity contribution in [2.45, 2.75) is 18.7 Å². The van der Waals surface area contributed by atoms with Crippen LogP contribution in [0.1, 0.15) is 12.5 Å². The van der Waals surface area contributed by atoms with Crippen LogP contribution in [-0.4, -0.2) is 20.0 Å². The van der Waals surface area contributed by atoms with Crippen molar-refractivity contribution in [1.82, 2.24) is 4.98 Å². The van der Waals surface area contributed by atoms with Crippen LogP contribution in [0.2, 0.25) is 5.02 Å². The molecule has 0 radical (unpaired) electrons. The SMILES string of the molecule is CCOc1cc(C)c(Cl)cc1S(=O)(=O)Nc1ccccn1. The minimum atomic E-state index is -3.83. The number of nitrogens with zero attached hydrogens (tertiary/aromatic N) is 1. The van der Waals surface area contributed by atoms with Gasteiger partial charge in [-0.15, -0.1) is 0 Å². The van der Waals surface area contributed by atoms with Crippen LogP contribution in [0.25, 0.3) is 0 Å². The van der Waals surface area contributed by atoms with Gasteiger partial charge in [0.05, 0.1) is 6.61 Å². The first-order valence-electron chi connectivity index (χ1n) is 6.31. The van der Waals surface area contributed by atoms with E-state index in [1.165, 1.54) is 12.3 Å². The zero-order chi connectivity index (χ0) is 15.5. The average molecular weight is 327 g/mol. The Kier molecular flexibility index (Phi) is 4.69. The Labute approximate surface area is 129 Å². The number of ether oxygens (including phenoxy) is 1. The number of anilines is 1. The second-order valence-electron chi connectivity index (χ2n) is 4.30. The Balaban J connectivity index is 2.46. The molecule has 0 aliphatic heterocycles. The lowest BCUT2D eigenvalue weighted by molar-refractivity contribution is 0.331. The van der Waals surface area contributed by atoms with Crippen molar-refractivity contribution in [3.63, 3.8) is 0 Å². The first-order chi connectivity index (χ1) is 9.94. The first-order valence-corrected chi connectivity index (χ1v) is 8.17. The molecule has 7 heteroatoms. The third kappa shape index (κ3) is 3.65. The Morgan fingerprint density at radius 2 is 2.10 bits per heavy atom. The van der Waals surface area contributed by atoms with Crippen molar-refractivity contribution in [3.8, 4) is 5.75 Å². The lowest BCUT2D eigenvalue weighted by atomic mass is 10.2. The van der Waals surface area contributed by atoms with E-state index in [1.54, 1.807) is 38.1 Å². The number of sulfonamides is 1. The smallest absolute Gasteiger partial charge is 0.266 e. The predicted molar refractivity (Wildman–Crippen MR) is 82.4 cm³/mol. The van der Waals surface area contributed by atoms with Gasteiger partial charge in [-0.3, -0.25) is 4.72 Å². The molecule has 0 fully saturated rings. The number of aromatic nitrogens is 1. The molecule has 0 spiro atoms. The summed E-state index contributed by atoms with van der Waals surface area (Å²) in [4.78, 5) is 3.93. The Morgan fingerprint density at radius 1 is 1.33 bits per heavy atom. The molecule has 0 saturated carbocycles. The van der Waals surface area contributed by atoms with Crippen molar-refractivity contribution in [2.24, 2.45) is 0 Å². The molecule has 2 aromatic rings. The quantitative estimate of drug-likeness (QED) is 0.915. The molecule has 1 heterocycles. The number of aryl methyl sites for hydroxylation is 1. The van der Waals surface area contributed by atoms with E-state index in [2.05, 4.69) is 9.71 Å². The minimum absolute atomic E-state index is 0.00870. The van der Waals surface area contributed by atoms with Crippen LogP contribution in [0.5, 0.6) is 5.75 Å². The molecule has 0 bridgehead atoms. The van der Waals surface area contributed by atoms with Gasteiger partial charge in [-0.1, -0.05) is 17.7 Å². The predicted octanol–water partition coefficient (Wildman–Crippen LogP) is 3.24. The largest absolute Gasteiger partial charge is 0.492 e. The molecule has 0 atom stereocenters. The van der Waals surface area contributed by atoms with Gasteiger partial charge in [-0.25, -0.2) is 13.4 Å². The molecule has 0 unspecified atom stereocenters. The highest BCUT2D eigenvalue weighted by atomic mass is 35.5. The molecule has 0 saturated heterocycles. The van der Waals surface area contributed by atoms with Crippen molar-refractivity contribution < 1.29 is 13.2 Å². The Morgan fingerprint density at radius 3 is 2.71 bits per heavy atom. The summed E-state index contributed by atoms with van der Waals surface area (Å²) in [5, 5.41) is 0.361. The molecule has 5 nitrogen and oxygen atoms in total. The van der Waals surface area contributed by atoms with Gasteiger partial charge in [-0.2, -0.15) is 0 Å². The fraction of sp³-hybridized carbons (Fsp3) is 0.214. The Hall–Kier alpha value is -1.79. The van der Waals surface area contributed by atoms with Crippen molar-refractivity contribution in [1.29, 1.82) is 0 Å². The summed E-state index contributed by atoms with van der Waals surface area (Å²) in [6.07, 6.45) is 1.50. The van der Waals surface area contributed by atoms with E-state index in [0.717, 1.165) is 5.56 Å². The number of pyridine rings is 1. The minimum Gasteiger partial charge on any atom is -0.492 e. The molecular weight excluding hydrogens is 312 g/mol. The van der Waals surface area contributed by atoms with Crippen molar-refractivity contribution in [2.75, 3.05) is 11.3 Å². The molecule has 0 amide bonds. The van der Waals surface area contributed by atoms with Gasteiger partial charge < -0.3 is 4.74 Å². The van der Waals surface area contributed by atoms with Crippen LogP contribution in [-0.2, 0) is 10.0 Å². The maximum Gasteiger partial charge on any atom is 0.266 e. The van der Waals surface area contributed by atoms with Crippen molar-refractivity contribution >= 4 is 27.4 Å². The van der Waals surface area contributed by atoms with Gasteiger partial charge in [0.1, 0.15) is 16.5 Å². The van der Waals surface area contributed by atoms with Gasteiger partial charge in [-0.05, 0) is 43.7 Å². The van der Waals surface area contributed by atoms with Crippen molar-refractivity contribution in [3.05, 3.63) is 47.1 Å². The van der Waals surface area contributed by atoms with Gasteiger partial charge in [0.25, 0.3) is 10.0 Å². The maximum atomic E-state index is 12.5. The second kappa shape index (κ2) is 6.32. The summed E-state index contributed by atoms with van der Waals surface area (Å²) in [6, 6.07) is 7.95. The summed E-state index contributed by atoms with van der Waals surface area (Å²) >= 11 is 6.03. The number of halogens is 1. The van der Waals surface area contributed by atoms with E-state index in [1.807, 2.05) is 0 Å². The summed E-state index contributed by atoms with van der Waals surface area (Å²) < 4.78 is 32.7. The fourth-order valence-corrected chi connectivity index (χ4v) is 3.12. The Bertz CT molecular complexity index is 733. The summed E-state index contributed by atoms with van der Waals surface area (Å²) in [5.41, 5.74) is 0.747. The number of hydrogen-bond donors (Lipinski definition) is 1. The standard InChI is InChI=1S/C14H15ClN2O3S/c1-3-20-12-8-10(2)11(15)9-13(12)21(18,19)17-14-6-4-5-7-16-14/h4-9H,3H2,1-2H3,(H,16,17). The third-order valence-electron chi connectivity index (χ3n) is 2.72. The van der Waals surface area contributed by atoms with Gasteiger partial charge in [0.15, 0.2) is 0 Å². The van der Waals surface area contributed by atoms with Crippen LogP contribution in [0, 0.1) is 6.92 Å². The summed E-state index contributed by atoms with van der Waals surface area (Å²) in [7, 11) is -3.83. The molecule has 1 aromatic heterocycles. The van der Waals surface area contributed by atoms with E-state index in [9.17, 15) is 8.42 Å². The average Bonchev–Trinajstić information content (AvgIpc) is 2.43. The number of rotatable bonds is 5. The second-order valence-corrected chi connectivity index (χ2v) is 6.36. The van der Waals surface area contributed by atoms with Crippen LogP contribution >= 0.6 is 11.6 Å². The monoisotopic (exact) mass is 326 g/mol. The van der Waals surface area contributed by atoms with E-state index in [4.69, 9.17) is 16.3 Å². The van der Waals surface area contributed by atoms with E-state index in [-0.39, 0.29) is 16.5 Å². The highest BCUT2D eigenvalue weighted by molar-refractivity contribution is 7.92. The summed E-state index contributed by atoms with van der Waals surface area (Å²) in [6.45, 7) is 3.92. The zero-order valence-corrected chi connectivity index (χ0v) is 13.2. The highest BCUT2D eigenvalue weighted by Gasteiger charge is 2.22. The number of hydrogen-bond acceptors (Lipinski definition) is 4. The molecule has 1 aromatic carbocycles. The van der Waals surface area contributed by atoms with Gasteiger partial charge >= 0.3 is 0 Å². The van der Waals surface area contributed by atoms with Crippen LogP contribution < -0.4 is 9.46 Å². The summed E-state index contributed by atoms with van der Waals surface area (Å²) in [5.74, 6) is 0.500. The van der Waals surface area contributed by atoms with Crippen LogP contribution in [0.3, 0.4) is 0 Å². The highest BCUT2D eigenvalue weighted by Crippen LogP contribution is 2.31. The van der Waals surface area contributed by atoms with Crippen LogP contribution in [0.4, 0.5) is 5.82 Å². The molecule has 21 heavy (non-hydrogen) atoms. The number of nitrogens with one attached hydrogen (secondary N) is 1. The fourth-order valence-electron chi connectivity index (χ4n) is 1.73. The van der Waals surface area contributed by atoms with E-state index >= 15 is 0 Å². The molecule has 2 rings (SSSR count). The molecule has 0 aliphatic rings. The van der Waals surface area contributed by atoms with Gasteiger partial charge in [0.2, 0.25) is 0 Å². The molecule has 1 N–H and O–H groups in total. The van der Waals surface area contributed by atoms with Crippen LogP contribution in [0.15, 0.2) is 41.4 Å². The lowest BCUT2D eigenvalue weighted by Crippen LogP contribution is -2.15. The molecule has 112 valence electrons. The van der Waals surface area contributed by atoms with E-state index < -0.39 is 10.0 Å². The lowest BCUT2D eigenvalue weighted by Gasteiger charge is -2.13. The topological polar surface area (TPSA) is 68.3 Å². The van der Waals surface area contributed by atoms with Gasteiger partial charge in [0, 0.05) is 11.2 Å². The number of benzene rings is 1. The zero-order valence-electron chi connectivity index (χ0n) is 11.6. The normalized spacial score (nSPS) is 11.2. The maximum absolute atomic E-state index is 12.5. The first kappa shape index (κ1) is 15.6. The molecular formula is C14H15ClN2O3S. The van der Waals surface area contributed by atoms with E-state index in [0.29, 0.717) is 11.6 Å². The molecule has 0 aliphatic carbocycles. The third-order valence-corrected chi connectivity index (χ3v) is 4.50.